The topological polar surface area (TPSA) is 122 Å². The first-order chi connectivity index (χ1) is 17.9. The van der Waals surface area contributed by atoms with E-state index in [-0.39, 0.29) is 31.4 Å². The number of pyridine rings is 2. The van der Waals surface area contributed by atoms with Crippen molar-refractivity contribution in [3.05, 3.63) is 77.2 Å². The zero-order valence-corrected chi connectivity index (χ0v) is 21.1. The number of rotatable bonds is 7. The van der Waals surface area contributed by atoms with Crippen molar-refractivity contribution in [1.82, 2.24) is 24.8 Å². The van der Waals surface area contributed by atoms with Gasteiger partial charge in [0, 0.05) is 53.9 Å². The van der Waals surface area contributed by atoms with Crippen molar-refractivity contribution >= 4 is 28.4 Å². The van der Waals surface area contributed by atoms with Crippen LogP contribution in [0.2, 0.25) is 5.02 Å². The molecule has 1 aliphatic rings. The second-order valence-electron chi connectivity index (χ2n) is 9.32. The van der Waals surface area contributed by atoms with Gasteiger partial charge in [0.15, 0.2) is 0 Å². The average molecular weight is 522 g/mol. The van der Waals surface area contributed by atoms with E-state index in [4.69, 9.17) is 21.3 Å². The molecule has 37 heavy (non-hydrogen) atoms. The second kappa shape index (κ2) is 10.8. The minimum atomic E-state index is -0.881. The summed E-state index contributed by atoms with van der Waals surface area (Å²) < 4.78 is 8.17. The first-order valence-corrected chi connectivity index (χ1v) is 12.5. The van der Waals surface area contributed by atoms with Gasteiger partial charge in [-0.1, -0.05) is 23.7 Å². The average Bonchev–Trinajstić information content (AvgIpc) is 3.43. The zero-order chi connectivity index (χ0) is 25.9. The molecule has 3 N–H and O–H groups in total. The van der Waals surface area contributed by atoms with E-state index in [1.807, 2.05) is 42.0 Å². The molecular formula is C27H28ClN5O4. The summed E-state index contributed by atoms with van der Waals surface area (Å²) in [5.41, 5.74) is 3.98. The van der Waals surface area contributed by atoms with Gasteiger partial charge in [0.2, 0.25) is 5.91 Å². The predicted molar refractivity (Wildman–Crippen MR) is 138 cm³/mol. The summed E-state index contributed by atoms with van der Waals surface area (Å²) in [6.07, 6.45) is 8.09. The molecule has 4 aromatic rings. The first kappa shape index (κ1) is 25.1. The minimum Gasteiger partial charge on any atom is -0.487 e. The Morgan fingerprint density at radius 1 is 1.22 bits per heavy atom. The Bertz CT molecular complexity index is 1410. The number of nitrogens with zero attached hydrogens (tertiary/aromatic N) is 4. The van der Waals surface area contributed by atoms with Crippen molar-refractivity contribution in [2.75, 3.05) is 0 Å². The Hall–Kier alpha value is -3.53. The van der Waals surface area contributed by atoms with Crippen molar-refractivity contribution in [3.8, 4) is 11.4 Å². The number of carbonyl (C=O) groups excluding carboxylic acids is 1. The third kappa shape index (κ3) is 5.44. The number of benzene rings is 1. The molecule has 0 radical (unpaired) electrons. The molecule has 1 aromatic carbocycles. The van der Waals surface area contributed by atoms with E-state index in [0.717, 1.165) is 33.4 Å². The molecule has 3 atom stereocenters. The smallest absolute Gasteiger partial charge is 0.223 e. The number of fused-ring (bicyclic) bond motifs is 1. The van der Waals surface area contributed by atoms with Crippen LogP contribution in [0, 0.1) is 12.8 Å². The van der Waals surface area contributed by atoms with Crippen molar-refractivity contribution < 1.29 is 19.7 Å². The molecule has 0 aliphatic heterocycles. The van der Waals surface area contributed by atoms with Crippen LogP contribution in [-0.4, -0.2) is 47.8 Å². The molecular weight excluding hydrogens is 494 g/mol. The summed E-state index contributed by atoms with van der Waals surface area (Å²) in [7, 11) is 0. The van der Waals surface area contributed by atoms with E-state index >= 15 is 0 Å². The molecule has 3 aromatic heterocycles. The zero-order valence-electron chi connectivity index (χ0n) is 20.3. The molecule has 192 valence electrons. The third-order valence-corrected chi connectivity index (χ3v) is 7.09. The van der Waals surface area contributed by atoms with Crippen LogP contribution >= 0.6 is 11.6 Å². The monoisotopic (exact) mass is 521 g/mol. The van der Waals surface area contributed by atoms with Crippen LogP contribution < -0.4 is 10.1 Å². The van der Waals surface area contributed by atoms with Crippen LogP contribution in [0.4, 0.5) is 0 Å². The van der Waals surface area contributed by atoms with E-state index in [1.54, 1.807) is 24.9 Å². The third-order valence-electron chi connectivity index (χ3n) is 6.76. The molecule has 0 spiro atoms. The predicted octanol–water partition coefficient (Wildman–Crippen LogP) is 3.49. The standard InChI is InChI=1S/C27H28ClN5O4/c1-16-9-22(33-8-7-29-15-33)19-3-2-4-25(26(19)32-16)37-14-20-18(11-30-13-21(20)28)12-31-27(36)17-5-6-23(34)24(35)10-17/h2-4,7-9,11,13,15,17,23-24,34-35H,5-6,10,12,14H2,1H3,(H,31,36). The summed E-state index contributed by atoms with van der Waals surface area (Å²) in [5.74, 6) is 0.0960. The number of hydrogen-bond acceptors (Lipinski definition) is 7. The highest BCUT2D eigenvalue weighted by Gasteiger charge is 2.31. The number of ether oxygens (including phenoxy) is 1. The van der Waals surface area contributed by atoms with Gasteiger partial charge in [-0.2, -0.15) is 0 Å². The lowest BCUT2D eigenvalue weighted by Crippen LogP contribution is -2.40. The molecule has 0 bridgehead atoms. The van der Waals surface area contributed by atoms with Crippen molar-refractivity contribution in [3.63, 3.8) is 0 Å². The molecule has 10 heteroatoms. The van der Waals surface area contributed by atoms with Crippen LogP contribution in [0.3, 0.4) is 0 Å². The number of carbonyl (C=O) groups is 1. The van der Waals surface area contributed by atoms with Crippen molar-refractivity contribution in [2.45, 2.75) is 51.5 Å². The van der Waals surface area contributed by atoms with Gasteiger partial charge in [-0.25, -0.2) is 9.97 Å². The SMILES string of the molecule is Cc1cc(-n2ccnc2)c2cccc(OCc3c(Cl)cncc3CNC(=O)C3CCC(O)C(O)C3)c2n1. The quantitative estimate of drug-likeness (QED) is 0.340. The van der Waals surface area contributed by atoms with Crippen molar-refractivity contribution in [1.29, 1.82) is 0 Å². The number of amides is 1. The number of hydrogen-bond donors (Lipinski definition) is 3. The summed E-state index contributed by atoms with van der Waals surface area (Å²) in [4.78, 5) is 25.8. The number of aliphatic hydroxyl groups excluding tert-OH is 2. The van der Waals surface area contributed by atoms with Crippen LogP contribution in [0.1, 0.15) is 36.1 Å². The van der Waals surface area contributed by atoms with Gasteiger partial charge in [-0.15, -0.1) is 0 Å². The molecule has 0 saturated heterocycles. The molecule has 5 rings (SSSR count). The lowest BCUT2D eigenvalue weighted by atomic mass is 9.85. The number of imidazole rings is 1. The largest absolute Gasteiger partial charge is 0.487 e. The Morgan fingerprint density at radius 3 is 2.86 bits per heavy atom. The van der Waals surface area contributed by atoms with E-state index < -0.39 is 12.2 Å². The molecule has 1 saturated carbocycles. The minimum absolute atomic E-state index is 0.163. The number of nitrogens with one attached hydrogen (secondary N) is 1. The highest BCUT2D eigenvalue weighted by atomic mass is 35.5. The highest BCUT2D eigenvalue weighted by Crippen LogP contribution is 2.31. The summed E-state index contributed by atoms with van der Waals surface area (Å²) in [6, 6.07) is 7.78. The maximum Gasteiger partial charge on any atom is 0.223 e. The molecule has 1 fully saturated rings. The fourth-order valence-corrected chi connectivity index (χ4v) is 4.95. The van der Waals surface area contributed by atoms with E-state index in [2.05, 4.69) is 15.3 Å². The molecule has 3 unspecified atom stereocenters. The highest BCUT2D eigenvalue weighted by molar-refractivity contribution is 6.31. The van der Waals surface area contributed by atoms with Crippen LogP contribution in [0.15, 0.2) is 55.4 Å². The van der Waals surface area contributed by atoms with Crippen LogP contribution in [0.5, 0.6) is 5.75 Å². The van der Waals surface area contributed by atoms with Gasteiger partial charge in [0.1, 0.15) is 17.9 Å². The van der Waals surface area contributed by atoms with Crippen LogP contribution in [-0.2, 0) is 17.9 Å². The lowest BCUT2D eigenvalue weighted by molar-refractivity contribution is -0.129. The summed E-state index contributed by atoms with van der Waals surface area (Å²) in [6.45, 7) is 2.32. The Balaban J connectivity index is 1.34. The van der Waals surface area contributed by atoms with Gasteiger partial charge in [-0.3, -0.25) is 9.78 Å². The number of aliphatic hydroxyl groups is 2. The first-order valence-electron chi connectivity index (χ1n) is 12.2. The lowest BCUT2D eigenvalue weighted by Gasteiger charge is -2.29. The van der Waals surface area contributed by atoms with Gasteiger partial charge < -0.3 is 24.8 Å². The van der Waals surface area contributed by atoms with Gasteiger partial charge in [-0.05, 0) is 43.9 Å². The summed E-state index contributed by atoms with van der Waals surface area (Å²) in [5, 5.41) is 23.9. The number of halogens is 1. The van der Waals surface area contributed by atoms with Gasteiger partial charge in [0.25, 0.3) is 0 Å². The maximum atomic E-state index is 12.7. The summed E-state index contributed by atoms with van der Waals surface area (Å²) >= 11 is 6.49. The maximum absolute atomic E-state index is 12.7. The molecule has 1 amide bonds. The van der Waals surface area contributed by atoms with Crippen molar-refractivity contribution in [2.24, 2.45) is 5.92 Å². The van der Waals surface area contributed by atoms with E-state index in [9.17, 15) is 15.0 Å². The number of para-hydroxylation sites is 1. The van der Waals surface area contributed by atoms with Crippen LogP contribution in [0.25, 0.3) is 16.6 Å². The second-order valence-corrected chi connectivity index (χ2v) is 9.72. The Kier molecular flexibility index (Phi) is 7.36. The number of aryl methyl sites for hydroxylation is 1. The molecule has 1 aliphatic carbocycles. The fourth-order valence-electron chi connectivity index (χ4n) is 4.72. The Labute approximate surface area is 219 Å². The molecule has 9 nitrogen and oxygen atoms in total. The van der Waals surface area contributed by atoms with E-state index in [1.165, 1.54) is 0 Å². The Morgan fingerprint density at radius 2 is 2.08 bits per heavy atom. The molecule has 3 heterocycles. The number of aromatic nitrogens is 4. The van der Waals surface area contributed by atoms with E-state index in [0.29, 0.717) is 23.6 Å². The van der Waals surface area contributed by atoms with Gasteiger partial charge in [0.05, 0.1) is 29.2 Å². The fraction of sp³-hybridized carbons (Fsp3) is 0.333. The normalized spacial score (nSPS) is 19.6. The van der Waals surface area contributed by atoms with Gasteiger partial charge >= 0.3 is 0 Å².